The zero-order valence-electron chi connectivity index (χ0n) is 17.8. The number of nitrogens with one attached hydrogen (secondary N) is 2. The fourth-order valence-corrected chi connectivity index (χ4v) is 3.48. The SMILES string of the molecule is COc1cc(C(=O)Nc2ccc(N3CCNC(=O)C3)cc2)ccc1OCc1ccccc1. The van der Waals surface area contributed by atoms with Gasteiger partial charge in [0.25, 0.3) is 5.91 Å². The molecule has 3 aromatic rings. The van der Waals surface area contributed by atoms with Crippen LogP contribution in [0.15, 0.2) is 72.8 Å². The van der Waals surface area contributed by atoms with Crippen LogP contribution in [0.1, 0.15) is 15.9 Å². The van der Waals surface area contributed by atoms with E-state index in [2.05, 4.69) is 10.6 Å². The van der Waals surface area contributed by atoms with Gasteiger partial charge in [0.1, 0.15) is 6.61 Å². The van der Waals surface area contributed by atoms with Crippen LogP contribution >= 0.6 is 0 Å². The lowest BCUT2D eigenvalue weighted by atomic mass is 10.1. The molecule has 0 bridgehead atoms. The zero-order chi connectivity index (χ0) is 22.3. The van der Waals surface area contributed by atoms with Gasteiger partial charge in [0.05, 0.1) is 13.7 Å². The first kappa shape index (κ1) is 21.2. The molecule has 1 aliphatic rings. The molecule has 0 unspecified atom stereocenters. The summed E-state index contributed by atoms with van der Waals surface area (Å²) in [4.78, 5) is 26.3. The lowest BCUT2D eigenvalue weighted by molar-refractivity contribution is -0.120. The number of nitrogens with zero attached hydrogens (tertiary/aromatic N) is 1. The third-order valence-electron chi connectivity index (χ3n) is 5.19. The number of piperazine rings is 1. The van der Waals surface area contributed by atoms with Crippen LogP contribution < -0.4 is 25.0 Å². The summed E-state index contributed by atoms with van der Waals surface area (Å²) in [7, 11) is 1.55. The maximum atomic E-state index is 12.7. The van der Waals surface area contributed by atoms with Crippen molar-refractivity contribution in [3.8, 4) is 11.5 Å². The number of methoxy groups -OCH3 is 1. The Hall–Kier alpha value is -4.00. The molecule has 32 heavy (non-hydrogen) atoms. The number of anilines is 2. The number of ether oxygens (including phenoxy) is 2. The van der Waals surface area contributed by atoms with E-state index in [4.69, 9.17) is 9.47 Å². The molecule has 4 rings (SSSR count). The van der Waals surface area contributed by atoms with E-state index in [1.807, 2.05) is 59.5 Å². The Kier molecular flexibility index (Phi) is 6.55. The predicted octanol–water partition coefficient (Wildman–Crippen LogP) is 3.46. The Morgan fingerprint density at radius 2 is 1.81 bits per heavy atom. The number of benzene rings is 3. The second kappa shape index (κ2) is 9.87. The first-order valence-corrected chi connectivity index (χ1v) is 10.4. The third-order valence-corrected chi connectivity index (χ3v) is 5.19. The second-order valence-corrected chi connectivity index (χ2v) is 7.41. The molecule has 0 saturated carbocycles. The van der Waals surface area contributed by atoms with Crippen LogP contribution in [-0.2, 0) is 11.4 Å². The van der Waals surface area contributed by atoms with Gasteiger partial charge in [0, 0.05) is 30.0 Å². The van der Waals surface area contributed by atoms with E-state index in [0.29, 0.717) is 42.4 Å². The van der Waals surface area contributed by atoms with Gasteiger partial charge in [-0.15, -0.1) is 0 Å². The zero-order valence-corrected chi connectivity index (χ0v) is 17.8. The highest BCUT2D eigenvalue weighted by atomic mass is 16.5. The van der Waals surface area contributed by atoms with Crippen molar-refractivity contribution in [1.82, 2.24) is 5.32 Å². The lowest BCUT2D eigenvalue weighted by Gasteiger charge is -2.28. The molecular formula is C25H25N3O4. The number of carbonyl (C=O) groups excluding carboxylic acids is 2. The summed E-state index contributed by atoms with van der Waals surface area (Å²) in [6, 6.07) is 22.4. The van der Waals surface area contributed by atoms with Crippen molar-refractivity contribution in [3.63, 3.8) is 0 Å². The van der Waals surface area contributed by atoms with Gasteiger partial charge in [-0.1, -0.05) is 30.3 Å². The molecule has 1 aliphatic heterocycles. The topological polar surface area (TPSA) is 79.9 Å². The van der Waals surface area contributed by atoms with Crippen molar-refractivity contribution >= 4 is 23.2 Å². The fraction of sp³-hybridized carbons (Fsp3) is 0.200. The van der Waals surface area contributed by atoms with Gasteiger partial charge in [-0.25, -0.2) is 0 Å². The standard InChI is InChI=1S/C25H25N3O4/c1-31-23-15-19(7-12-22(23)32-17-18-5-3-2-4-6-18)25(30)27-20-8-10-21(11-9-20)28-14-13-26-24(29)16-28/h2-12,15H,13-14,16-17H2,1H3,(H,26,29)(H,27,30). The van der Waals surface area contributed by atoms with Crippen LogP contribution in [0.4, 0.5) is 11.4 Å². The summed E-state index contributed by atoms with van der Waals surface area (Å²) in [6.07, 6.45) is 0. The van der Waals surface area contributed by atoms with Gasteiger partial charge >= 0.3 is 0 Å². The van der Waals surface area contributed by atoms with Gasteiger partial charge in [-0.2, -0.15) is 0 Å². The average molecular weight is 431 g/mol. The van der Waals surface area contributed by atoms with Crippen molar-refractivity contribution in [3.05, 3.63) is 83.9 Å². The molecule has 1 heterocycles. The Morgan fingerprint density at radius 3 is 2.53 bits per heavy atom. The van der Waals surface area contributed by atoms with E-state index < -0.39 is 0 Å². The highest BCUT2D eigenvalue weighted by molar-refractivity contribution is 6.04. The van der Waals surface area contributed by atoms with E-state index in [1.165, 1.54) is 0 Å². The minimum atomic E-state index is -0.247. The molecule has 164 valence electrons. The van der Waals surface area contributed by atoms with Gasteiger partial charge in [-0.05, 0) is 48.0 Å². The van der Waals surface area contributed by atoms with Crippen molar-refractivity contribution in [2.45, 2.75) is 6.61 Å². The van der Waals surface area contributed by atoms with E-state index in [0.717, 1.165) is 17.8 Å². The number of carbonyl (C=O) groups is 2. The third kappa shape index (κ3) is 5.18. The summed E-state index contributed by atoms with van der Waals surface area (Å²) < 4.78 is 11.3. The number of amides is 2. The van der Waals surface area contributed by atoms with Crippen LogP contribution in [-0.4, -0.2) is 38.6 Å². The van der Waals surface area contributed by atoms with Crippen molar-refractivity contribution < 1.29 is 19.1 Å². The van der Waals surface area contributed by atoms with E-state index in [-0.39, 0.29) is 11.8 Å². The molecule has 3 aromatic carbocycles. The van der Waals surface area contributed by atoms with Crippen LogP contribution in [0.25, 0.3) is 0 Å². The Balaban J connectivity index is 1.40. The van der Waals surface area contributed by atoms with Crippen LogP contribution in [0.5, 0.6) is 11.5 Å². The first-order chi connectivity index (χ1) is 15.6. The Labute approximate surface area is 187 Å². The van der Waals surface area contributed by atoms with Crippen LogP contribution in [0.2, 0.25) is 0 Å². The molecule has 2 N–H and O–H groups in total. The monoisotopic (exact) mass is 431 g/mol. The smallest absolute Gasteiger partial charge is 0.255 e. The number of hydrogen-bond donors (Lipinski definition) is 2. The highest BCUT2D eigenvalue weighted by Crippen LogP contribution is 2.29. The van der Waals surface area contributed by atoms with Crippen molar-refractivity contribution in [1.29, 1.82) is 0 Å². The van der Waals surface area contributed by atoms with Gasteiger partial charge < -0.3 is 25.0 Å². The average Bonchev–Trinajstić information content (AvgIpc) is 2.83. The predicted molar refractivity (Wildman–Crippen MR) is 123 cm³/mol. The molecule has 0 atom stereocenters. The van der Waals surface area contributed by atoms with Crippen molar-refractivity contribution in [2.24, 2.45) is 0 Å². The first-order valence-electron chi connectivity index (χ1n) is 10.4. The molecule has 1 saturated heterocycles. The Bertz CT molecular complexity index is 1080. The minimum Gasteiger partial charge on any atom is -0.493 e. The lowest BCUT2D eigenvalue weighted by Crippen LogP contribution is -2.47. The van der Waals surface area contributed by atoms with Crippen molar-refractivity contribution in [2.75, 3.05) is 37.0 Å². The summed E-state index contributed by atoms with van der Waals surface area (Å²) >= 11 is 0. The molecule has 0 spiro atoms. The summed E-state index contributed by atoms with van der Waals surface area (Å²) in [6.45, 7) is 2.14. The van der Waals surface area contributed by atoms with Gasteiger partial charge in [0.2, 0.25) is 5.91 Å². The molecular weight excluding hydrogens is 406 g/mol. The van der Waals surface area contributed by atoms with Gasteiger partial charge in [-0.3, -0.25) is 9.59 Å². The van der Waals surface area contributed by atoms with Crippen LogP contribution in [0.3, 0.4) is 0 Å². The Morgan fingerprint density at radius 1 is 1.03 bits per heavy atom. The maximum absolute atomic E-state index is 12.7. The fourth-order valence-electron chi connectivity index (χ4n) is 3.48. The normalized spacial score (nSPS) is 13.3. The largest absolute Gasteiger partial charge is 0.493 e. The number of hydrogen-bond acceptors (Lipinski definition) is 5. The molecule has 2 amide bonds. The quantitative estimate of drug-likeness (QED) is 0.599. The van der Waals surface area contributed by atoms with E-state index >= 15 is 0 Å². The van der Waals surface area contributed by atoms with E-state index in [9.17, 15) is 9.59 Å². The van der Waals surface area contributed by atoms with Gasteiger partial charge in [0.15, 0.2) is 11.5 Å². The van der Waals surface area contributed by atoms with Crippen LogP contribution in [0, 0.1) is 0 Å². The summed E-state index contributed by atoms with van der Waals surface area (Å²) in [5, 5.41) is 5.70. The molecule has 0 aliphatic carbocycles. The summed E-state index contributed by atoms with van der Waals surface area (Å²) in [5.41, 5.74) is 3.12. The maximum Gasteiger partial charge on any atom is 0.255 e. The molecule has 1 fully saturated rings. The number of rotatable bonds is 7. The summed E-state index contributed by atoms with van der Waals surface area (Å²) in [5.74, 6) is 0.830. The molecule has 0 radical (unpaired) electrons. The minimum absolute atomic E-state index is 0.0128. The van der Waals surface area contributed by atoms with E-state index in [1.54, 1.807) is 25.3 Å². The molecule has 7 heteroatoms. The second-order valence-electron chi connectivity index (χ2n) is 7.41. The molecule has 7 nitrogen and oxygen atoms in total. The molecule has 0 aromatic heterocycles. The highest BCUT2D eigenvalue weighted by Gasteiger charge is 2.17.